The third-order valence-corrected chi connectivity index (χ3v) is 7.58. The first-order valence-electron chi connectivity index (χ1n) is 13.1. The highest BCUT2D eigenvalue weighted by atomic mass is 19.1. The number of halogens is 2. The number of carbonyl (C=O) groups is 1. The van der Waals surface area contributed by atoms with Crippen LogP contribution in [0.3, 0.4) is 0 Å². The average molecular weight is 587 g/mol. The van der Waals surface area contributed by atoms with Crippen LogP contribution in [0.4, 0.5) is 20.4 Å². The predicted octanol–water partition coefficient (Wildman–Crippen LogP) is 2.87. The SMILES string of the molecule is C=CC(=O)N[C@H]1COC[C@H]1Nc1cc2c(N3CC(C)C3(OC)OC)nc(-c3c(F)c(OC)cc(OC)c3F)nc2cn1. The molecule has 224 valence electrons. The Hall–Kier alpha value is -4.14. The summed E-state index contributed by atoms with van der Waals surface area (Å²) in [5, 5.41) is 6.65. The number of nitrogens with one attached hydrogen (secondary N) is 2. The molecule has 2 N–H and O–H groups in total. The van der Waals surface area contributed by atoms with Crippen LogP contribution in [0, 0.1) is 17.6 Å². The highest BCUT2D eigenvalue weighted by Crippen LogP contribution is 2.45. The number of fused-ring (bicyclic) bond motifs is 1. The second kappa shape index (κ2) is 11.6. The van der Waals surface area contributed by atoms with Gasteiger partial charge in [-0.05, 0) is 12.1 Å². The zero-order valence-corrected chi connectivity index (χ0v) is 23.9. The van der Waals surface area contributed by atoms with Gasteiger partial charge in [-0.3, -0.25) is 4.79 Å². The fourth-order valence-electron chi connectivity index (χ4n) is 5.38. The van der Waals surface area contributed by atoms with Gasteiger partial charge in [0.05, 0.1) is 56.8 Å². The molecule has 1 amide bonds. The van der Waals surface area contributed by atoms with Crippen LogP contribution in [0.5, 0.6) is 11.5 Å². The van der Waals surface area contributed by atoms with Gasteiger partial charge in [-0.2, -0.15) is 0 Å². The lowest BCUT2D eigenvalue weighted by atomic mass is 9.95. The molecule has 0 aliphatic carbocycles. The van der Waals surface area contributed by atoms with Crippen molar-refractivity contribution in [1.29, 1.82) is 0 Å². The summed E-state index contributed by atoms with van der Waals surface area (Å²) in [4.78, 5) is 27.2. The van der Waals surface area contributed by atoms with Crippen molar-refractivity contribution >= 4 is 28.4 Å². The summed E-state index contributed by atoms with van der Waals surface area (Å²) in [7, 11) is 5.55. The van der Waals surface area contributed by atoms with Gasteiger partial charge in [0.2, 0.25) is 5.91 Å². The van der Waals surface area contributed by atoms with Crippen molar-refractivity contribution in [2.24, 2.45) is 5.92 Å². The summed E-state index contributed by atoms with van der Waals surface area (Å²) in [6.45, 7) is 6.56. The normalized spacial score (nSPS) is 21.1. The van der Waals surface area contributed by atoms with Crippen LogP contribution in [0.15, 0.2) is 31.0 Å². The van der Waals surface area contributed by atoms with E-state index in [0.29, 0.717) is 42.3 Å². The highest BCUT2D eigenvalue weighted by molar-refractivity contribution is 5.93. The Bertz CT molecular complexity index is 1490. The molecule has 0 radical (unpaired) electrons. The van der Waals surface area contributed by atoms with E-state index in [2.05, 4.69) is 32.2 Å². The Labute approximate surface area is 241 Å². The van der Waals surface area contributed by atoms with E-state index in [1.54, 1.807) is 11.0 Å². The van der Waals surface area contributed by atoms with Gasteiger partial charge in [-0.1, -0.05) is 13.5 Å². The molecule has 2 aromatic heterocycles. The highest BCUT2D eigenvalue weighted by Gasteiger charge is 2.54. The number of carbonyl (C=O) groups excluding carboxylic acids is 1. The lowest BCUT2D eigenvalue weighted by Crippen LogP contribution is -2.69. The fourth-order valence-corrected chi connectivity index (χ4v) is 5.38. The smallest absolute Gasteiger partial charge is 0.256 e. The zero-order valence-electron chi connectivity index (χ0n) is 23.9. The number of rotatable bonds is 10. The molecule has 2 saturated heterocycles. The number of ether oxygens (including phenoxy) is 5. The van der Waals surface area contributed by atoms with Crippen LogP contribution in [-0.4, -0.2) is 87.1 Å². The van der Waals surface area contributed by atoms with Gasteiger partial charge in [0.15, 0.2) is 29.0 Å². The minimum atomic E-state index is -1.18. The van der Waals surface area contributed by atoms with Gasteiger partial charge in [0.1, 0.15) is 11.6 Å². The van der Waals surface area contributed by atoms with E-state index < -0.39 is 23.1 Å². The van der Waals surface area contributed by atoms with Crippen molar-refractivity contribution in [2.75, 3.05) is 58.4 Å². The standard InChI is InChI=1S/C28H32F2N6O6/c1-7-22(37)33-18-13-42-12-17(18)32-21-8-15-16(10-31-21)34-26(23-24(29)19(38-3)9-20(39-4)25(23)30)35-27(15)36-11-14(2)28(36,40-5)41-6/h7-10,14,17-18H,1,11-13H2,2-6H3,(H,31,32)(H,33,37)/t14?,17-,18+/m1/s1. The molecule has 2 aliphatic heterocycles. The molecule has 14 heteroatoms. The van der Waals surface area contributed by atoms with Gasteiger partial charge < -0.3 is 39.2 Å². The Kier molecular flexibility index (Phi) is 8.12. The average Bonchev–Trinajstić information content (AvgIpc) is 3.42. The van der Waals surface area contributed by atoms with Crippen LogP contribution < -0.4 is 25.0 Å². The predicted molar refractivity (Wildman–Crippen MR) is 149 cm³/mol. The number of benzene rings is 1. The van der Waals surface area contributed by atoms with E-state index in [4.69, 9.17) is 23.7 Å². The number of nitrogens with zero attached hydrogens (tertiary/aromatic N) is 4. The summed E-state index contributed by atoms with van der Waals surface area (Å²) >= 11 is 0. The van der Waals surface area contributed by atoms with Crippen LogP contribution in [0.25, 0.3) is 22.3 Å². The van der Waals surface area contributed by atoms with E-state index in [-0.39, 0.29) is 41.2 Å². The van der Waals surface area contributed by atoms with Crippen LogP contribution >= 0.6 is 0 Å². The monoisotopic (exact) mass is 586 g/mol. The molecule has 12 nitrogen and oxygen atoms in total. The first-order chi connectivity index (χ1) is 20.2. The Morgan fingerprint density at radius 1 is 1.10 bits per heavy atom. The molecule has 3 aromatic rings. The maximum Gasteiger partial charge on any atom is 0.256 e. The largest absolute Gasteiger partial charge is 0.494 e. The summed E-state index contributed by atoms with van der Waals surface area (Å²) in [5.41, 5.74) is -0.213. The van der Waals surface area contributed by atoms with Crippen molar-refractivity contribution in [2.45, 2.75) is 24.9 Å². The quantitative estimate of drug-likeness (QED) is 0.269. The lowest BCUT2D eigenvalue weighted by Gasteiger charge is -2.55. The van der Waals surface area contributed by atoms with Gasteiger partial charge in [-0.15, -0.1) is 0 Å². The summed E-state index contributed by atoms with van der Waals surface area (Å²) in [6, 6.07) is 2.24. The van der Waals surface area contributed by atoms with E-state index in [0.717, 1.165) is 6.07 Å². The van der Waals surface area contributed by atoms with Gasteiger partial charge in [-0.25, -0.2) is 23.7 Å². The van der Waals surface area contributed by atoms with Crippen molar-refractivity contribution in [3.05, 3.63) is 42.6 Å². The lowest BCUT2D eigenvalue weighted by molar-refractivity contribution is -0.269. The molecule has 1 unspecified atom stereocenters. The molecular formula is C28H32F2N6O6. The van der Waals surface area contributed by atoms with Gasteiger partial charge in [0, 0.05) is 38.1 Å². The van der Waals surface area contributed by atoms with E-state index in [1.807, 2.05) is 6.92 Å². The molecule has 0 saturated carbocycles. The van der Waals surface area contributed by atoms with Crippen molar-refractivity contribution < 1.29 is 37.3 Å². The number of hydrogen-bond acceptors (Lipinski definition) is 11. The molecule has 0 bridgehead atoms. The number of pyridine rings is 1. The molecule has 5 rings (SSSR count). The summed E-state index contributed by atoms with van der Waals surface area (Å²) < 4.78 is 58.4. The van der Waals surface area contributed by atoms with E-state index in [1.165, 1.54) is 40.7 Å². The Morgan fingerprint density at radius 2 is 1.76 bits per heavy atom. The van der Waals surface area contributed by atoms with Crippen LogP contribution in [0.1, 0.15) is 6.92 Å². The van der Waals surface area contributed by atoms with Crippen LogP contribution in [0.2, 0.25) is 0 Å². The number of methoxy groups -OCH3 is 4. The topological polar surface area (TPSA) is 129 Å². The third kappa shape index (κ3) is 4.84. The first-order valence-corrected chi connectivity index (χ1v) is 13.1. The minimum absolute atomic E-state index is 0.0596. The summed E-state index contributed by atoms with van der Waals surface area (Å²) in [6.07, 6.45) is 2.66. The molecular weight excluding hydrogens is 554 g/mol. The van der Waals surface area contributed by atoms with Crippen molar-refractivity contribution in [3.63, 3.8) is 0 Å². The van der Waals surface area contributed by atoms with Gasteiger partial charge >= 0.3 is 0 Å². The summed E-state index contributed by atoms with van der Waals surface area (Å²) in [5.74, 6) is -3.48. The third-order valence-electron chi connectivity index (χ3n) is 7.58. The second-order valence-corrected chi connectivity index (χ2v) is 9.90. The molecule has 2 fully saturated rings. The van der Waals surface area contributed by atoms with E-state index >= 15 is 8.78 Å². The Morgan fingerprint density at radius 3 is 2.36 bits per heavy atom. The number of amides is 1. The molecule has 4 heterocycles. The molecule has 0 spiro atoms. The zero-order chi connectivity index (χ0) is 30.2. The van der Waals surface area contributed by atoms with Gasteiger partial charge in [0.25, 0.3) is 5.91 Å². The molecule has 1 aromatic carbocycles. The van der Waals surface area contributed by atoms with E-state index in [9.17, 15) is 4.79 Å². The number of hydrogen-bond donors (Lipinski definition) is 2. The molecule has 42 heavy (non-hydrogen) atoms. The first kappa shape index (κ1) is 29.4. The van der Waals surface area contributed by atoms with Crippen LogP contribution in [-0.2, 0) is 19.0 Å². The van der Waals surface area contributed by atoms with Crippen molar-refractivity contribution in [1.82, 2.24) is 20.3 Å². The molecule has 3 atom stereocenters. The fraction of sp³-hybridized carbons (Fsp3) is 0.429. The van der Waals surface area contributed by atoms with Crippen molar-refractivity contribution in [3.8, 4) is 22.9 Å². The maximum atomic E-state index is 15.5. The minimum Gasteiger partial charge on any atom is -0.494 e. The Balaban J connectivity index is 1.65. The number of anilines is 2. The number of aromatic nitrogens is 3. The maximum absolute atomic E-state index is 15.5. The molecule has 2 aliphatic rings. The second-order valence-electron chi connectivity index (χ2n) is 9.90.